The quantitative estimate of drug-likeness (QED) is 0.373. The van der Waals surface area contributed by atoms with Crippen molar-refractivity contribution in [3.63, 3.8) is 0 Å². The SMILES string of the molecule is Nc1ccc(CNC(=O)[C@H](Cc2cccc3ccccc23)NC(=O)c2ccc[nH]2)cn1. The fourth-order valence-corrected chi connectivity index (χ4v) is 3.46. The molecule has 2 aromatic heterocycles. The highest BCUT2D eigenvalue weighted by molar-refractivity contribution is 5.96. The van der Waals surface area contributed by atoms with Crippen molar-refractivity contribution in [1.29, 1.82) is 0 Å². The lowest BCUT2D eigenvalue weighted by Gasteiger charge is -2.19. The van der Waals surface area contributed by atoms with Crippen LogP contribution in [0.25, 0.3) is 10.8 Å². The molecule has 0 bridgehead atoms. The Morgan fingerprint density at radius 2 is 1.84 bits per heavy atom. The number of nitrogens with zero attached hydrogens (tertiary/aromatic N) is 1. The summed E-state index contributed by atoms with van der Waals surface area (Å²) in [6.45, 7) is 0.288. The molecule has 2 amide bonds. The summed E-state index contributed by atoms with van der Waals surface area (Å²) in [5.74, 6) is -0.189. The first-order valence-corrected chi connectivity index (χ1v) is 9.99. The van der Waals surface area contributed by atoms with Gasteiger partial charge < -0.3 is 21.4 Å². The highest BCUT2D eigenvalue weighted by Crippen LogP contribution is 2.20. The number of rotatable bonds is 7. The number of aromatic nitrogens is 2. The zero-order chi connectivity index (χ0) is 21.6. The van der Waals surface area contributed by atoms with Crippen molar-refractivity contribution < 1.29 is 9.59 Å². The molecule has 5 N–H and O–H groups in total. The molecule has 0 unspecified atom stereocenters. The summed E-state index contributed by atoms with van der Waals surface area (Å²) in [7, 11) is 0. The zero-order valence-electron chi connectivity index (χ0n) is 16.8. The molecule has 2 aromatic carbocycles. The summed E-state index contributed by atoms with van der Waals surface area (Å²) in [4.78, 5) is 32.6. The summed E-state index contributed by atoms with van der Waals surface area (Å²) in [6, 6.07) is 20.1. The third kappa shape index (κ3) is 4.90. The maximum atomic E-state index is 13.0. The number of nitrogens with one attached hydrogen (secondary N) is 3. The van der Waals surface area contributed by atoms with Gasteiger partial charge in [0.05, 0.1) is 0 Å². The Labute approximate surface area is 179 Å². The lowest BCUT2D eigenvalue weighted by molar-refractivity contribution is -0.123. The highest BCUT2D eigenvalue weighted by atomic mass is 16.2. The number of carbonyl (C=O) groups is 2. The van der Waals surface area contributed by atoms with E-state index in [9.17, 15) is 9.59 Å². The molecule has 7 heteroatoms. The van der Waals surface area contributed by atoms with Gasteiger partial charge in [-0.3, -0.25) is 9.59 Å². The first-order valence-electron chi connectivity index (χ1n) is 9.99. The second kappa shape index (κ2) is 9.13. The van der Waals surface area contributed by atoms with Gasteiger partial charge in [0.15, 0.2) is 0 Å². The van der Waals surface area contributed by atoms with Crippen molar-refractivity contribution in [3.8, 4) is 0 Å². The van der Waals surface area contributed by atoms with Gasteiger partial charge in [-0.2, -0.15) is 0 Å². The van der Waals surface area contributed by atoms with Crippen LogP contribution >= 0.6 is 0 Å². The normalized spacial score (nSPS) is 11.7. The van der Waals surface area contributed by atoms with Crippen LogP contribution < -0.4 is 16.4 Å². The van der Waals surface area contributed by atoms with Crippen LogP contribution in [0, 0.1) is 0 Å². The number of aromatic amines is 1. The lowest BCUT2D eigenvalue weighted by atomic mass is 9.98. The summed E-state index contributed by atoms with van der Waals surface area (Å²) in [6.07, 6.45) is 3.65. The molecule has 0 radical (unpaired) electrons. The van der Waals surface area contributed by atoms with E-state index in [1.165, 1.54) is 0 Å². The van der Waals surface area contributed by atoms with Gasteiger partial charge >= 0.3 is 0 Å². The Morgan fingerprint density at radius 3 is 2.61 bits per heavy atom. The number of hydrogen-bond acceptors (Lipinski definition) is 4. The second-order valence-corrected chi connectivity index (χ2v) is 7.26. The summed E-state index contributed by atoms with van der Waals surface area (Å²) >= 11 is 0. The molecule has 0 saturated carbocycles. The predicted octanol–water partition coefficient (Wildman–Crippen LogP) is 2.80. The Balaban J connectivity index is 1.55. The first-order chi connectivity index (χ1) is 15.1. The number of fused-ring (bicyclic) bond motifs is 1. The molecule has 1 atom stereocenters. The van der Waals surface area contributed by atoms with Gasteiger partial charge in [-0.1, -0.05) is 48.5 Å². The Morgan fingerprint density at radius 1 is 1.00 bits per heavy atom. The van der Waals surface area contributed by atoms with Crippen molar-refractivity contribution in [2.24, 2.45) is 0 Å². The fraction of sp³-hybridized carbons (Fsp3) is 0.125. The van der Waals surface area contributed by atoms with E-state index in [4.69, 9.17) is 5.73 Å². The standard InChI is InChI=1S/C24H23N5O2/c25-22-11-10-16(14-27-22)15-28-23(30)21(29-24(31)20-9-4-12-26-20)13-18-7-3-6-17-5-1-2-8-19(17)18/h1-12,14,21,26H,13,15H2,(H2,25,27)(H,28,30)(H,29,31)/t21-/m0/s1. The Hall–Kier alpha value is -4.13. The second-order valence-electron chi connectivity index (χ2n) is 7.26. The van der Waals surface area contributed by atoms with Crippen LogP contribution in [0.4, 0.5) is 5.82 Å². The number of nitrogens with two attached hydrogens (primary N) is 1. The number of nitrogen functional groups attached to an aromatic ring is 1. The zero-order valence-corrected chi connectivity index (χ0v) is 16.8. The molecule has 156 valence electrons. The molecular formula is C24H23N5O2. The fourth-order valence-electron chi connectivity index (χ4n) is 3.46. The molecule has 0 fully saturated rings. The number of benzene rings is 2. The van der Waals surface area contributed by atoms with Crippen molar-refractivity contribution in [2.75, 3.05) is 5.73 Å². The molecule has 4 aromatic rings. The molecule has 0 aliphatic rings. The number of pyridine rings is 1. The summed E-state index contributed by atoms with van der Waals surface area (Å²) in [5.41, 5.74) is 7.82. The smallest absolute Gasteiger partial charge is 0.268 e. The van der Waals surface area contributed by atoms with Crippen LogP contribution in [0.5, 0.6) is 0 Å². The number of carbonyl (C=O) groups excluding carboxylic acids is 2. The molecule has 0 spiro atoms. The number of hydrogen-bond donors (Lipinski definition) is 4. The van der Waals surface area contributed by atoms with E-state index in [2.05, 4.69) is 20.6 Å². The summed E-state index contributed by atoms with van der Waals surface area (Å²) < 4.78 is 0. The number of H-pyrrole nitrogens is 1. The average molecular weight is 413 g/mol. The van der Waals surface area contributed by atoms with Crippen LogP contribution in [0.2, 0.25) is 0 Å². The van der Waals surface area contributed by atoms with E-state index < -0.39 is 6.04 Å². The number of anilines is 1. The van der Waals surface area contributed by atoms with Gasteiger partial charge in [-0.25, -0.2) is 4.98 Å². The van der Waals surface area contributed by atoms with Crippen LogP contribution in [-0.4, -0.2) is 27.8 Å². The molecule has 2 heterocycles. The van der Waals surface area contributed by atoms with E-state index >= 15 is 0 Å². The van der Waals surface area contributed by atoms with Gasteiger partial charge in [-0.15, -0.1) is 0 Å². The maximum Gasteiger partial charge on any atom is 0.268 e. The van der Waals surface area contributed by atoms with Crippen molar-refractivity contribution in [1.82, 2.24) is 20.6 Å². The Bertz CT molecular complexity index is 1180. The predicted molar refractivity (Wildman–Crippen MR) is 120 cm³/mol. The maximum absolute atomic E-state index is 13.0. The summed E-state index contributed by atoms with van der Waals surface area (Å²) in [5, 5.41) is 7.89. The van der Waals surface area contributed by atoms with Gasteiger partial charge in [0.1, 0.15) is 17.6 Å². The average Bonchev–Trinajstić information content (AvgIpc) is 3.33. The third-order valence-corrected chi connectivity index (χ3v) is 5.08. The third-order valence-electron chi connectivity index (χ3n) is 5.08. The van der Waals surface area contributed by atoms with E-state index in [0.717, 1.165) is 21.9 Å². The van der Waals surface area contributed by atoms with Gasteiger partial charge in [0.2, 0.25) is 5.91 Å². The molecular weight excluding hydrogens is 390 g/mol. The molecule has 0 saturated heterocycles. The van der Waals surface area contributed by atoms with Crippen molar-refractivity contribution in [2.45, 2.75) is 19.0 Å². The minimum absolute atomic E-state index is 0.273. The van der Waals surface area contributed by atoms with E-state index in [0.29, 0.717) is 17.9 Å². The van der Waals surface area contributed by atoms with Crippen LogP contribution in [0.1, 0.15) is 21.6 Å². The van der Waals surface area contributed by atoms with E-state index in [1.54, 1.807) is 36.7 Å². The lowest BCUT2D eigenvalue weighted by Crippen LogP contribution is -2.48. The van der Waals surface area contributed by atoms with Crippen molar-refractivity contribution >= 4 is 28.4 Å². The van der Waals surface area contributed by atoms with E-state index in [-0.39, 0.29) is 18.4 Å². The first kappa shape index (κ1) is 20.2. The van der Waals surface area contributed by atoms with Crippen LogP contribution in [0.3, 0.4) is 0 Å². The molecule has 0 aliphatic carbocycles. The largest absolute Gasteiger partial charge is 0.384 e. The molecule has 7 nitrogen and oxygen atoms in total. The minimum atomic E-state index is -0.747. The molecule has 4 rings (SSSR count). The van der Waals surface area contributed by atoms with Crippen molar-refractivity contribution in [3.05, 3.63) is 95.9 Å². The molecule has 0 aliphatic heterocycles. The van der Waals surface area contributed by atoms with Gasteiger partial charge in [0, 0.05) is 25.4 Å². The highest BCUT2D eigenvalue weighted by Gasteiger charge is 2.23. The Kier molecular flexibility index (Phi) is 5.93. The van der Waals surface area contributed by atoms with Crippen LogP contribution in [0.15, 0.2) is 79.1 Å². The van der Waals surface area contributed by atoms with E-state index in [1.807, 2.05) is 42.5 Å². The molecule has 31 heavy (non-hydrogen) atoms. The monoisotopic (exact) mass is 413 g/mol. The minimum Gasteiger partial charge on any atom is -0.384 e. The van der Waals surface area contributed by atoms with Gasteiger partial charge in [-0.05, 0) is 40.1 Å². The van der Waals surface area contributed by atoms with Crippen LogP contribution in [-0.2, 0) is 17.8 Å². The topological polar surface area (TPSA) is 113 Å². The van der Waals surface area contributed by atoms with Gasteiger partial charge in [0.25, 0.3) is 5.91 Å². The number of amides is 2.